The number of para-hydroxylation sites is 2. The Morgan fingerprint density at radius 3 is 1.04 bits per heavy atom. The first-order valence-electron chi connectivity index (χ1n) is 21.0. The van der Waals surface area contributed by atoms with Gasteiger partial charge in [0.25, 0.3) is 0 Å². The predicted octanol–water partition coefficient (Wildman–Crippen LogP) is 16.7. The second kappa shape index (κ2) is 15.4. The van der Waals surface area contributed by atoms with E-state index >= 15 is 0 Å². The molecular weight excluding hydrogens is 874 g/mol. The topological polar surface area (TPSA) is 33.6 Å². The number of fused-ring (bicyclic) bond motifs is 6. The Hall–Kier alpha value is -7.78. The molecule has 0 saturated carbocycles. The first-order chi connectivity index (χ1) is 31.8. The number of alkyl halides is 9. The molecule has 0 saturated heterocycles. The van der Waals surface area contributed by atoms with Gasteiger partial charge < -0.3 is 9.13 Å². The maximum Gasteiger partial charge on any atom is 0.416 e. The molecule has 332 valence electrons. The lowest BCUT2D eigenvalue weighted by Crippen LogP contribution is -2.07. The second-order valence-corrected chi connectivity index (χ2v) is 16.9. The van der Waals surface area contributed by atoms with Crippen molar-refractivity contribution in [1.29, 1.82) is 5.26 Å². The largest absolute Gasteiger partial charge is 0.416 e. The molecule has 0 bridgehead atoms. The lowest BCUT2D eigenvalue weighted by molar-refractivity contribution is -0.138. The van der Waals surface area contributed by atoms with Gasteiger partial charge in [-0.3, -0.25) is 0 Å². The van der Waals surface area contributed by atoms with Crippen LogP contribution in [0.25, 0.3) is 88.4 Å². The number of nitriles is 1. The summed E-state index contributed by atoms with van der Waals surface area (Å²) in [6.07, 6.45) is -13.8. The normalized spacial score (nSPS) is 12.5. The number of benzene rings is 8. The zero-order chi connectivity index (χ0) is 47.3. The third-order valence-corrected chi connectivity index (χ3v) is 12.2. The highest BCUT2D eigenvalue weighted by molar-refractivity contribution is 6.12. The van der Waals surface area contributed by atoms with Crippen molar-refractivity contribution in [2.24, 2.45) is 0 Å². The van der Waals surface area contributed by atoms with Crippen LogP contribution in [0.15, 0.2) is 152 Å². The standard InChI is InChI=1S/C55H34F9N3/c1-30-16-35(22-39(19-30)53(56,57)58)33-12-14-49-44(25-33)42-8-4-6-10-47(42)66(49)51-27-38(37-18-32(3)21-41(24-37)55(62,63)64)28-52(46(51)29-65)67-48-11-7-5-9-43(48)45-26-34(13-15-50(45)67)36-17-31(2)20-40(23-36)54(59,60)61/h4-28H,1-3H3. The number of aromatic nitrogens is 2. The molecule has 2 heterocycles. The third-order valence-electron chi connectivity index (χ3n) is 12.2. The molecule has 8 aromatic carbocycles. The molecule has 10 rings (SSSR count). The smallest absolute Gasteiger partial charge is 0.308 e. The summed E-state index contributed by atoms with van der Waals surface area (Å²) in [5.74, 6) is 0. The van der Waals surface area contributed by atoms with Gasteiger partial charge in [0.2, 0.25) is 0 Å². The summed E-state index contributed by atoms with van der Waals surface area (Å²) in [7, 11) is 0. The van der Waals surface area contributed by atoms with Gasteiger partial charge in [0.05, 0.1) is 50.1 Å². The summed E-state index contributed by atoms with van der Waals surface area (Å²) in [5, 5.41) is 14.1. The highest BCUT2D eigenvalue weighted by Crippen LogP contribution is 2.44. The average molecular weight is 908 g/mol. The van der Waals surface area contributed by atoms with Crippen molar-refractivity contribution < 1.29 is 39.5 Å². The minimum atomic E-state index is -4.68. The fourth-order valence-electron chi connectivity index (χ4n) is 9.41. The van der Waals surface area contributed by atoms with Crippen molar-refractivity contribution in [3.8, 4) is 50.8 Å². The summed E-state index contributed by atoms with van der Waals surface area (Å²) in [6, 6.07) is 42.4. The van der Waals surface area contributed by atoms with Gasteiger partial charge in [-0.15, -0.1) is 0 Å². The molecule has 3 nitrogen and oxygen atoms in total. The van der Waals surface area contributed by atoms with Crippen LogP contribution in [0, 0.1) is 32.1 Å². The molecule has 0 N–H and O–H groups in total. The molecule has 67 heavy (non-hydrogen) atoms. The Kier molecular flexibility index (Phi) is 9.92. The molecule has 0 aliphatic heterocycles. The van der Waals surface area contributed by atoms with Crippen LogP contribution in [0.1, 0.15) is 38.9 Å². The van der Waals surface area contributed by atoms with Crippen molar-refractivity contribution in [2.75, 3.05) is 0 Å². The van der Waals surface area contributed by atoms with Gasteiger partial charge in [0.1, 0.15) is 11.6 Å². The van der Waals surface area contributed by atoms with Gasteiger partial charge >= 0.3 is 18.5 Å². The molecule has 10 aromatic rings. The molecule has 0 unspecified atom stereocenters. The average Bonchev–Trinajstić information content (AvgIpc) is 3.79. The maximum absolute atomic E-state index is 14.4. The van der Waals surface area contributed by atoms with Gasteiger partial charge in [-0.2, -0.15) is 44.8 Å². The lowest BCUT2D eigenvalue weighted by atomic mass is 9.96. The molecule has 2 aromatic heterocycles. The molecule has 0 aliphatic rings. The van der Waals surface area contributed by atoms with Crippen LogP contribution in [0.5, 0.6) is 0 Å². The van der Waals surface area contributed by atoms with Gasteiger partial charge in [-0.05, 0) is 156 Å². The van der Waals surface area contributed by atoms with E-state index in [1.165, 1.54) is 0 Å². The summed E-state index contributed by atoms with van der Waals surface area (Å²) >= 11 is 0. The van der Waals surface area contributed by atoms with E-state index in [2.05, 4.69) is 6.07 Å². The highest BCUT2D eigenvalue weighted by Gasteiger charge is 2.33. The van der Waals surface area contributed by atoms with Crippen molar-refractivity contribution in [2.45, 2.75) is 39.3 Å². The van der Waals surface area contributed by atoms with Crippen molar-refractivity contribution in [1.82, 2.24) is 9.13 Å². The lowest BCUT2D eigenvalue weighted by Gasteiger charge is -2.19. The summed E-state index contributed by atoms with van der Waals surface area (Å²) < 4.78 is 131. The molecule has 0 atom stereocenters. The van der Waals surface area contributed by atoms with Crippen LogP contribution in [-0.2, 0) is 18.5 Å². The van der Waals surface area contributed by atoms with Crippen LogP contribution >= 0.6 is 0 Å². The van der Waals surface area contributed by atoms with Gasteiger partial charge in [-0.1, -0.05) is 66.7 Å². The van der Waals surface area contributed by atoms with E-state index in [1.807, 2.05) is 45.5 Å². The Morgan fingerprint density at radius 2 is 0.687 bits per heavy atom. The highest BCUT2D eigenvalue weighted by atomic mass is 19.4. The van der Waals surface area contributed by atoms with Crippen molar-refractivity contribution >= 4 is 43.6 Å². The Morgan fingerprint density at radius 1 is 0.358 bits per heavy atom. The molecule has 12 heteroatoms. The van der Waals surface area contributed by atoms with Crippen molar-refractivity contribution in [3.63, 3.8) is 0 Å². The van der Waals surface area contributed by atoms with Crippen LogP contribution in [0.2, 0.25) is 0 Å². The first-order valence-corrected chi connectivity index (χ1v) is 21.0. The molecule has 0 spiro atoms. The zero-order valence-electron chi connectivity index (χ0n) is 35.7. The SMILES string of the molecule is Cc1cc(-c2cc(-n3c4ccccc4c4cc(-c5cc(C)cc(C(F)(F)F)c5)ccc43)c(C#N)c(-n3c4ccccc4c4cc(-c5cc(C)cc(C(F)(F)F)c5)ccc43)c2)cc(C(F)(F)F)c1. The number of hydrogen-bond acceptors (Lipinski definition) is 1. The Balaban J connectivity index is 1.28. The fraction of sp³-hybridized carbons (Fsp3) is 0.109. The quantitative estimate of drug-likeness (QED) is 0.158. The van der Waals surface area contributed by atoms with Crippen molar-refractivity contribution in [3.05, 3.63) is 191 Å². The monoisotopic (exact) mass is 907 g/mol. The minimum Gasteiger partial charge on any atom is -0.308 e. The number of nitrogens with zero attached hydrogens (tertiary/aromatic N) is 3. The Labute approximate surface area is 377 Å². The molecular formula is C55H34F9N3. The minimum absolute atomic E-state index is 0.146. The fourth-order valence-corrected chi connectivity index (χ4v) is 9.41. The molecule has 0 amide bonds. The summed E-state index contributed by atoms with van der Waals surface area (Å²) in [5.41, 5.74) is 4.27. The number of aryl methyl sites for hydroxylation is 3. The number of rotatable bonds is 5. The van der Waals surface area contributed by atoms with Gasteiger partial charge in [-0.25, -0.2) is 0 Å². The number of halogens is 9. The van der Waals surface area contributed by atoms with E-state index in [4.69, 9.17) is 0 Å². The second-order valence-electron chi connectivity index (χ2n) is 16.9. The van der Waals surface area contributed by atoms with Gasteiger partial charge in [0.15, 0.2) is 0 Å². The van der Waals surface area contributed by atoms with E-state index in [0.29, 0.717) is 99.5 Å². The molecule has 0 radical (unpaired) electrons. The predicted molar refractivity (Wildman–Crippen MR) is 245 cm³/mol. The summed E-state index contributed by atoms with van der Waals surface area (Å²) in [4.78, 5) is 0. The molecule has 0 fully saturated rings. The van der Waals surface area contributed by atoms with Crippen LogP contribution in [0.4, 0.5) is 39.5 Å². The zero-order valence-corrected chi connectivity index (χ0v) is 35.7. The van der Waals surface area contributed by atoms with E-state index < -0.39 is 35.2 Å². The van der Waals surface area contributed by atoms with Crippen LogP contribution < -0.4 is 0 Å². The van der Waals surface area contributed by atoms with Crippen LogP contribution in [-0.4, -0.2) is 9.13 Å². The first kappa shape index (κ1) is 43.1. The number of hydrogen-bond donors (Lipinski definition) is 0. The van der Waals surface area contributed by atoms with E-state index in [0.717, 1.165) is 36.4 Å². The van der Waals surface area contributed by atoms with E-state index in [9.17, 15) is 44.8 Å². The van der Waals surface area contributed by atoms with Crippen LogP contribution in [0.3, 0.4) is 0 Å². The molecule has 0 aliphatic carbocycles. The third kappa shape index (κ3) is 7.54. The maximum atomic E-state index is 14.4. The van der Waals surface area contributed by atoms with E-state index in [1.54, 1.807) is 99.6 Å². The summed E-state index contributed by atoms with van der Waals surface area (Å²) in [6.45, 7) is 4.75. The van der Waals surface area contributed by atoms with Gasteiger partial charge in [0, 0.05) is 21.5 Å². The Bertz CT molecular complexity index is 3510. The van der Waals surface area contributed by atoms with E-state index in [-0.39, 0.29) is 11.1 Å².